The molecular formula is C18H12FN3O5. The summed E-state index contributed by atoms with van der Waals surface area (Å²) in [7, 11) is 2.92. The molecule has 3 rings (SSSR count). The van der Waals surface area contributed by atoms with E-state index in [9.17, 15) is 19.8 Å². The van der Waals surface area contributed by atoms with Gasteiger partial charge < -0.3 is 14.2 Å². The van der Waals surface area contributed by atoms with Crippen LogP contribution >= 0.6 is 0 Å². The lowest BCUT2D eigenvalue weighted by Crippen LogP contribution is -1.97. The van der Waals surface area contributed by atoms with Gasteiger partial charge in [0, 0.05) is 23.7 Å². The van der Waals surface area contributed by atoms with Crippen LogP contribution in [0.25, 0.3) is 10.9 Å². The van der Waals surface area contributed by atoms with Crippen LogP contribution in [0.4, 0.5) is 10.1 Å². The van der Waals surface area contributed by atoms with E-state index in [1.165, 1.54) is 20.4 Å². The van der Waals surface area contributed by atoms with Crippen LogP contribution in [-0.2, 0) is 0 Å². The van der Waals surface area contributed by atoms with Crippen molar-refractivity contribution in [3.63, 3.8) is 0 Å². The molecule has 0 spiro atoms. The molecule has 0 atom stereocenters. The van der Waals surface area contributed by atoms with Crippen LogP contribution in [-0.4, -0.2) is 24.1 Å². The molecule has 0 N–H and O–H groups in total. The summed E-state index contributed by atoms with van der Waals surface area (Å²) in [5.41, 5.74) is 0.0859. The van der Waals surface area contributed by atoms with Crippen molar-refractivity contribution in [2.45, 2.75) is 0 Å². The monoisotopic (exact) mass is 369 g/mol. The van der Waals surface area contributed by atoms with E-state index >= 15 is 0 Å². The number of nitro benzene ring substituents is 1. The molecule has 8 nitrogen and oxygen atoms in total. The zero-order chi connectivity index (χ0) is 19.6. The van der Waals surface area contributed by atoms with E-state index in [2.05, 4.69) is 4.98 Å². The third-order valence-corrected chi connectivity index (χ3v) is 3.78. The van der Waals surface area contributed by atoms with Crippen molar-refractivity contribution in [1.82, 2.24) is 4.98 Å². The molecule has 9 heteroatoms. The summed E-state index contributed by atoms with van der Waals surface area (Å²) < 4.78 is 30.3. The van der Waals surface area contributed by atoms with E-state index in [1.807, 2.05) is 6.07 Å². The van der Waals surface area contributed by atoms with Crippen molar-refractivity contribution in [2.24, 2.45) is 0 Å². The number of benzene rings is 2. The minimum Gasteiger partial charge on any atom is -0.493 e. The van der Waals surface area contributed by atoms with Gasteiger partial charge in [-0.1, -0.05) is 0 Å². The molecule has 0 aliphatic carbocycles. The lowest BCUT2D eigenvalue weighted by molar-refractivity contribution is -0.385. The third kappa shape index (κ3) is 3.28. The molecule has 1 heterocycles. The van der Waals surface area contributed by atoms with E-state index in [1.54, 1.807) is 12.1 Å². The molecule has 0 bridgehead atoms. The highest BCUT2D eigenvalue weighted by Crippen LogP contribution is 2.39. The van der Waals surface area contributed by atoms with Gasteiger partial charge in [-0.2, -0.15) is 5.26 Å². The second-order valence-electron chi connectivity index (χ2n) is 5.31. The molecule has 0 unspecified atom stereocenters. The molecule has 2 aromatic carbocycles. The number of methoxy groups -OCH3 is 2. The molecule has 0 saturated carbocycles. The second kappa shape index (κ2) is 7.13. The molecule has 1 aromatic heterocycles. The fraction of sp³-hybridized carbons (Fsp3) is 0.111. The largest absolute Gasteiger partial charge is 0.493 e. The van der Waals surface area contributed by atoms with Crippen LogP contribution in [0, 0.1) is 27.3 Å². The number of aromatic nitrogens is 1. The highest BCUT2D eigenvalue weighted by atomic mass is 19.1. The number of hydrogen-bond donors (Lipinski definition) is 0. The van der Waals surface area contributed by atoms with Crippen LogP contribution in [0.1, 0.15) is 5.56 Å². The van der Waals surface area contributed by atoms with Crippen molar-refractivity contribution in [2.75, 3.05) is 14.2 Å². The minimum atomic E-state index is -0.932. The van der Waals surface area contributed by atoms with Gasteiger partial charge in [0.15, 0.2) is 28.8 Å². The van der Waals surface area contributed by atoms with Gasteiger partial charge in [-0.05, 0) is 12.1 Å². The molecule has 0 aliphatic heterocycles. The smallest absolute Gasteiger partial charge is 0.272 e. The highest BCUT2D eigenvalue weighted by Gasteiger charge is 2.18. The molecule has 0 fully saturated rings. The normalized spacial score (nSPS) is 10.3. The molecule has 27 heavy (non-hydrogen) atoms. The predicted molar refractivity (Wildman–Crippen MR) is 92.7 cm³/mol. The first kappa shape index (κ1) is 17.9. The number of fused-ring (bicyclic) bond motifs is 1. The minimum absolute atomic E-state index is 0.0520. The average molecular weight is 369 g/mol. The van der Waals surface area contributed by atoms with E-state index in [0.717, 1.165) is 18.2 Å². The van der Waals surface area contributed by atoms with Gasteiger partial charge in [0.05, 0.1) is 30.7 Å². The number of ether oxygens (including phenoxy) is 3. The summed E-state index contributed by atoms with van der Waals surface area (Å²) in [5, 5.41) is 20.5. The summed E-state index contributed by atoms with van der Waals surface area (Å²) in [6, 6.07) is 8.06. The van der Waals surface area contributed by atoms with Crippen molar-refractivity contribution in [3.05, 3.63) is 58.0 Å². The van der Waals surface area contributed by atoms with Gasteiger partial charge in [0.2, 0.25) is 0 Å². The SMILES string of the molecule is COc1cc2ncc(C#N)c(Oc3ccc([N+](=O)[O-])cc3F)c2cc1OC. The van der Waals surface area contributed by atoms with Crippen LogP contribution in [0.3, 0.4) is 0 Å². The maximum absolute atomic E-state index is 14.2. The standard InChI is InChI=1S/C18H12FN3O5/c1-25-16-6-12-14(7-17(16)26-2)21-9-10(8-20)18(12)27-15-4-3-11(22(23)24)5-13(15)19/h3-7,9H,1-2H3. The Bertz CT molecular complexity index is 1090. The van der Waals surface area contributed by atoms with Crippen molar-refractivity contribution in [1.29, 1.82) is 5.26 Å². The van der Waals surface area contributed by atoms with Gasteiger partial charge in [-0.15, -0.1) is 0 Å². The number of hydrogen-bond acceptors (Lipinski definition) is 7. The maximum Gasteiger partial charge on any atom is 0.272 e. The molecule has 0 amide bonds. The molecule has 0 saturated heterocycles. The van der Waals surface area contributed by atoms with Crippen LogP contribution in [0.2, 0.25) is 0 Å². The Labute approximate surface area is 152 Å². The summed E-state index contributed by atoms with van der Waals surface area (Å²) in [4.78, 5) is 14.2. The number of nitro groups is 1. The Morgan fingerprint density at radius 1 is 1.15 bits per heavy atom. The fourth-order valence-corrected chi connectivity index (χ4v) is 2.48. The van der Waals surface area contributed by atoms with Crippen molar-refractivity contribution < 1.29 is 23.5 Å². The van der Waals surface area contributed by atoms with Gasteiger partial charge in [-0.25, -0.2) is 4.39 Å². The first-order chi connectivity index (χ1) is 13.0. The van der Waals surface area contributed by atoms with E-state index in [4.69, 9.17) is 14.2 Å². The Balaban J connectivity index is 2.18. The van der Waals surface area contributed by atoms with E-state index < -0.39 is 16.4 Å². The zero-order valence-corrected chi connectivity index (χ0v) is 14.2. The van der Waals surface area contributed by atoms with Crippen LogP contribution in [0.15, 0.2) is 36.5 Å². The summed E-state index contributed by atoms with van der Waals surface area (Å²) in [6.45, 7) is 0. The zero-order valence-electron chi connectivity index (χ0n) is 14.2. The van der Waals surface area contributed by atoms with Gasteiger partial charge in [-0.3, -0.25) is 15.1 Å². The summed E-state index contributed by atoms with van der Waals surface area (Å²) >= 11 is 0. The number of nitrogens with zero attached hydrogens (tertiary/aromatic N) is 3. The lowest BCUT2D eigenvalue weighted by Gasteiger charge is -2.13. The van der Waals surface area contributed by atoms with Crippen LogP contribution in [0.5, 0.6) is 23.0 Å². The summed E-state index contributed by atoms with van der Waals surface area (Å²) in [5.74, 6) is -0.347. The maximum atomic E-state index is 14.2. The molecule has 136 valence electrons. The predicted octanol–water partition coefficient (Wildman–Crippen LogP) is 3.96. The van der Waals surface area contributed by atoms with Crippen molar-refractivity contribution >= 4 is 16.6 Å². The molecule has 0 aliphatic rings. The molecular weight excluding hydrogens is 357 g/mol. The third-order valence-electron chi connectivity index (χ3n) is 3.78. The second-order valence-corrected chi connectivity index (χ2v) is 5.31. The summed E-state index contributed by atoms with van der Waals surface area (Å²) in [6.07, 6.45) is 1.28. The Morgan fingerprint density at radius 2 is 1.85 bits per heavy atom. The Kier molecular flexibility index (Phi) is 4.72. The van der Waals surface area contributed by atoms with Crippen LogP contribution < -0.4 is 14.2 Å². The van der Waals surface area contributed by atoms with E-state index in [-0.39, 0.29) is 17.1 Å². The number of halogens is 1. The van der Waals surface area contributed by atoms with Gasteiger partial charge in [0.25, 0.3) is 5.69 Å². The molecule has 0 radical (unpaired) electrons. The first-order valence-corrected chi connectivity index (χ1v) is 7.55. The van der Waals surface area contributed by atoms with Gasteiger partial charge in [0.1, 0.15) is 11.6 Å². The fourth-order valence-electron chi connectivity index (χ4n) is 2.48. The van der Waals surface area contributed by atoms with Gasteiger partial charge >= 0.3 is 0 Å². The highest BCUT2D eigenvalue weighted by molar-refractivity contribution is 5.90. The molecule has 3 aromatic rings. The van der Waals surface area contributed by atoms with Crippen molar-refractivity contribution in [3.8, 4) is 29.1 Å². The lowest BCUT2D eigenvalue weighted by atomic mass is 10.1. The number of non-ortho nitro benzene ring substituents is 1. The quantitative estimate of drug-likeness (QED) is 0.495. The Morgan fingerprint density at radius 3 is 2.44 bits per heavy atom. The Hall–Kier alpha value is -3.93. The topological polar surface area (TPSA) is 108 Å². The average Bonchev–Trinajstić information content (AvgIpc) is 2.68. The first-order valence-electron chi connectivity index (χ1n) is 7.55. The number of nitriles is 1. The number of rotatable bonds is 5. The number of pyridine rings is 1. The van der Waals surface area contributed by atoms with E-state index in [0.29, 0.717) is 22.4 Å².